The fraction of sp³-hybridized carbons (Fsp3) is 0.471. The molecule has 2 amide bonds. The molecule has 1 aromatic carbocycles. The Morgan fingerprint density at radius 1 is 1.02 bits per heavy atom. The molecule has 45 heavy (non-hydrogen) atoms. The van der Waals surface area contributed by atoms with Crippen LogP contribution < -0.4 is 5.32 Å². The van der Waals surface area contributed by atoms with Gasteiger partial charge in [0.1, 0.15) is 6.10 Å². The minimum Gasteiger partial charge on any atom is -0.446 e. The number of fused-ring (bicyclic) bond motifs is 1. The van der Waals surface area contributed by atoms with Crippen LogP contribution in [0.4, 0.5) is 4.79 Å². The van der Waals surface area contributed by atoms with Crippen LogP contribution in [0.15, 0.2) is 48.7 Å². The van der Waals surface area contributed by atoms with E-state index in [-0.39, 0.29) is 35.8 Å². The molecule has 4 rings (SSSR count). The van der Waals surface area contributed by atoms with E-state index in [1.54, 1.807) is 24.2 Å². The third-order valence-corrected chi connectivity index (χ3v) is 7.66. The second kappa shape index (κ2) is 14.0. The Labute approximate surface area is 264 Å². The predicted octanol–water partition coefficient (Wildman–Crippen LogP) is 5.40. The van der Waals surface area contributed by atoms with Crippen molar-refractivity contribution in [2.24, 2.45) is 13.0 Å². The van der Waals surface area contributed by atoms with E-state index >= 15 is 0 Å². The average molecular weight is 616 g/mol. The number of aryl methyl sites for hydroxylation is 3. The van der Waals surface area contributed by atoms with E-state index in [4.69, 9.17) is 4.74 Å². The number of nitrogens with one attached hydrogen (secondary N) is 1. The highest BCUT2D eigenvalue weighted by molar-refractivity contribution is 6.10. The Morgan fingerprint density at radius 3 is 2.31 bits per heavy atom. The van der Waals surface area contributed by atoms with Gasteiger partial charge in [-0.25, -0.2) is 4.79 Å². The number of aromatic nitrogens is 5. The number of hydrogen-bond donors (Lipinski definition) is 1. The Bertz CT molecular complexity index is 1650. The van der Waals surface area contributed by atoms with Gasteiger partial charge in [-0.05, 0) is 87.4 Å². The van der Waals surface area contributed by atoms with Gasteiger partial charge in [-0.15, -0.1) is 10.2 Å². The normalized spacial score (nSPS) is 12.4. The molecule has 0 fully saturated rings. The molecule has 1 atom stereocenters. The molecular weight excluding hydrogens is 570 g/mol. The highest BCUT2D eigenvalue weighted by Gasteiger charge is 2.23. The van der Waals surface area contributed by atoms with Gasteiger partial charge in [0.05, 0.1) is 19.3 Å². The highest BCUT2D eigenvalue weighted by Crippen LogP contribution is 2.24. The molecule has 0 radical (unpaired) electrons. The van der Waals surface area contributed by atoms with Gasteiger partial charge in [0, 0.05) is 34.9 Å². The smallest absolute Gasteiger partial charge is 0.407 e. The van der Waals surface area contributed by atoms with E-state index in [1.165, 1.54) is 4.80 Å². The van der Waals surface area contributed by atoms with Crippen molar-refractivity contribution >= 4 is 23.3 Å². The third-order valence-electron chi connectivity index (χ3n) is 7.66. The topological polar surface area (TPSA) is 124 Å². The van der Waals surface area contributed by atoms with Crippen LogP contribution in [-0.4, -0.2) is 65.5 Å². The predicted molar refractivity (Wildman–Crippen MR) is 172 cm³/mol. The van der Waals surface area contributed by atoms with Crippen molar-refractivity contribution in [3.05, 3.63) is 82.4 Å². The van der Waals surface area contributed by atoms with Gasteiger partial charge >= 0.3 is 6.09 Å². The molecular formula is C34H45N7O4. The van der Waals surface area contributed by atoms with Crippen LogP contribution in [0.25, 0.3) is 5.52 Å². The molecule has 0 spiro atoms. The Morgan fingerprint density at radius 2 is 1.73 bits per heavy atom. The monoisotopic (exact) mass is 615 g/mol. The summed E-state index contributed by atoms with van der Waals surface area (Å²) in [6.45, 7) is 14.5. The maximum absolute atomic E-state index is 13.8. The standard InChI is InChI=1S/C34H45N7O4/c1-9-24-19-27-20-26(32(43)40(10-2)21-29-36-38-39(8)37-29)17-18-41(27)30(24)31(42)25-14-11-23(12-15-25)13-16-28(22(3)4)45-33(44)35-34(5,6)7/h11-12,14-15,17-20,22,28H,9-10,13,16,21H2,1-8H3,(H,35,44). The van der Waals surface area contributed by atoms with Gasteiger partial charge in [-0.2, -0.15) is 4.80 Å². The number of hydrogen-bond acceptors (Lipinski definition) is 7. The summed E-state index contributed by atoms with van der Waals surface area (Å²) in [5, 5.41) is 14.9. The first kappa shape index (κ1) is 33.4. The summed E-state index contributed by atoms with van der Waals surface area (Å²) in [4.78, 5) is 42.5. The quantitative estimate of drug-likeness (QED) is 0.212. The molecule has 3 heterocycles. The average Bonchev–Trinajstić information content (AvgIpc) is 3.58. The molecule has 0 aliphatic rings. The van der Waals surface area contributed by atoms with Crippen molar-refractivity contribution in [2.75, 3.05) is 6.54 Å². The fourth-order valence-corrected chi connectivity index (χ4v) is 5.23. The SMILES string of the molecule is CCc1cc2cc(C(=O)N(CC)Cc3nnn(C)n3)ccn2c1C(=O)c1ccc(CCC(OC(=O)NC(C)(C)C)C(C)C)cc1. The van der Waals surface area contributed by atoms with Crippen molar-refractivity contribution in [1.82, 2.24) is 34.8 Å². The number of benzene rings is 1. The molecule has 240 valence electrons. The summed E-state index contributed by atoms with van der Waals surface area (Å²) < 4.78 is 7.58. The van der Waals surface area contributed by atoms with E-state index in [1.807, 2.05) is 89.3 Å². The minimum atomic E-state index is -0.410. The lowest BCUT2D eigenvalue weighted by atomic mass is 9.97. The summed E-state index contributed by atoms with van der Waals surface area (Å²) in [7, 11) is 1.68. The summed E-state index contributed by atoms with van der Waals surface area (Å²) in [6.07, 6.45) is 3.22. The van der Waals surface area contributed by atoms with Gasteiger partial charge < -0.3 is 19.4 Å². The van der Waals surface area contributed by atoms with Crippen molar-refractivity contribution in [1.29, 1.82) is 0 Å². The molecule has 0 bridgehead atoms. The lowest BCUT2D eigenvalue weighted by Crippen LogP contribution is -2.43. The highest BCUT2D eigenvalue weighted by atomic mass is 16.6. The van der Waals surface area contributed by atoms with Crippen molar-refractivity contribution in [3.63, 3.8) is 0 Å². The number of amides is 2. The van der Waals surface area contributed by atoms with Gasteiger partial charge in [-0.1, -0.05) is 45.0 Å². The fourth-order valence-electron chi connectivity index (χ4n) is 5.23. The molecule has 1 N–H and O–H groups in total. The Kier molecular flexibility index (Phi) is 10.4. The van der Waals surface area contributed by atoms with Crippen molar-refractivity contribution in [2.45, 2.75) is 85.9 Å². The maximum Gasteiger partial charge on any atom is 0.407 e. The van der Waals surface area contributed by atoms with Crippen LogP contribution in [0.2, 0.25) is 0 Å². The number of carbonyl (C=O) groups is 3. The first-order chi connectivity index (χ1) is 21.3. The summed E-state index contributed by atoms with van der Waals surface area (Å²) in [5.41, 5.74) is 4.09. The maximum atomic E-state index is 13.8. The van der Waals surface area contributed by atoms with E-state index in [2.05, 4.69) is 20.7 Å². The van der Waals surface area contributed by atoms with Crippen LogP contribution in [0.1, 0.15) is 98.2 Å². The molecule has 0 aliphatic carbocycles. The van der Waals surface area contributed by atoms with E-state index in [0.29, 0.717) is 48.5 Å². The number of alkyl carbamates (subject to hydrolysis) is 1. The zero-order chi connectivity index (χ0) is 32.9. The Balaban J connectivity index is 1.48. The Hall–Kier alpha value is -4.54. The first-order valence-corrected chi connectivity index (χ1v) is 15.6. The van der Waals surface area contributed by atoms with Crippen LogP contribution in [0.5, 0.6) is 0 Å². The number of ketones is 1. The van der Waals surface area contributed by atoms with Crippen LogP contribution in [-0.2, 0) is 31.2 Å². The third kappa shape index (κ3) is 8.34. The molecule has 4 aromatic rings. The van der Waals surface area contributed by atoms with Crippen LogP contribution in [0.3, 0.4) is 0 Å². The van der Waals surface area contributed by atoms with Crippen molar-refractivity contribution < 1.29 is 19.1 Å². The van der Waals surface area contributed by atoms with E-state index in [0.717, 1.165) is 16.6 Å². The minimum absolute atomic E-state index is 0.0800. The molecule has 0 saturated carbocycles. The second-order valence-electron chi connectivity index (χ2n) is 12.7. The lowest BCUT2D eigenvalue weighted by Gasteiger charge is -2.25. The van der Waals surface area contributed by atoms with Crippen LogP contribution in [0, 0.1) is 5.92 Å². The summed E-state index contributed by atoms with van der Waals surface area (Å²) in [5.74, 6) is 0.418. The molecule has 11 nitrogen and oxygen atoms in total. The van der Waals surface area contributed by atoms with E-state index in [9.17, 15) is 14.4 Å². The molecule has 0 saturated heterocycles. The second-order valence-corrected chi connectivity index (χ2v) is 12.7. The number of pyridine rings is 1. The number of rotatable bonds is 12. The number of carbonyl (C=O) groups excluding carboxylic acids is 3. The van der Waals surface area contributed by atoms with Gasteiger partial charge in [0.15, 0.2) is 5.82 Å². The van der Waals surface area contributed by atoms with Crippen molar-refractivity contribution in [3.8, 4) is 0 Å². The number of ether oxygens (including phenoxy) is 1. The number of tetrazole rings is 1. The lowest BCUT2D eigenvalue weighted by molar-refractivity contribution is 0.0610. The molecule has 11 heteroatoms. The van der Waals surface area contributed by atoms with Gasteiger partial charge in [0.2, 0.25) is 5.78 Å². The van der Waals surface area contributed by atoms with Gasteiger partial charge in [-0.3, -0.25) is 9.59 Å². The summed E-state index contributed by atoms with van der Waals surface area (Å²) >= 11 is 0. The largest absolute Gasteiger partial charge is 0.446 e. The zero-order valence-corrected chi connectivity index (χ0v) is 27.6. The molecule has 3 aromatic heterocycles. The first-order valence-electron chi connectivity index (χ1n) is 15.6. The van der Waals surface area contributed by atoms with Gasteiger partial charge in [0.25, 0.3) is 5.91 Å². The van der Waals surface area contributed by atoms with E-state index < -0.39 is 6.09 Å². The summed E-state index contributed by atoms with van der Waals surface area (Å²) in [6, 6.07) is 13.2. The molecule has 0 aliphatic heterocycles. The molecule has 1 unspecified atom stereocenters. The zero-order valence-electron chi connectivity index (χ0n) is 27.6. The van der Waals surface area contributed by atoms with Crippen LogP contribution >= 0.6 is 0 Å². The number of nitrogens with zero attached hydrogens (tertiary/aromatic N) is 6.